The highest BCUT2D eigenvalue weighted by Gasteiger charge is 2.26. The summed E-state index contributed by atoms with van der Waals surface area (Å²) in [7, 11) is 3.55. The summed E-state index contributed by atoms with van der Waals surface area (Å²) in [6, 6.07) is 1.04. The Hall–Kier alpha value is -0.220. The molecule has 3 atom stereocenters. The van der Waals surface area contributed by atoms with Gasteiger partial charge in [0.25, 0.3) is 0 Å². The predicted molar refractivity (Wildman–Crippen MR) is 123 cm³/mol. The van der Waals surface area contributed by atoms with Gasteiger partial charge in [-0.05, 0) is 51.4 Å². The maximum absolute atomic E-state index is 11.9. The van der Waals surface area contributed by atoms with Crippen LogP contribution in [0.2, 0.25) is 0 Å². The molecule has 0 aromatic heterocycles. The molecule has 0 aromatic carbocycles. The number of carbonyl (C=O) groups is 1. The van der Waals surface area contributed by atoms with Crippen LogP contribution in [0.15, 0.2) is 4.99 Å². The molecule has 2 rings (SSSR count). The van der Waals surface area contributed by atoms with Crippen LogP contribution < -0.4 is 10.6 Å². The van der Waals surface area contributed by atoms with E-state index in [0.29, 0.717) is 12.1 Å². The molecule has 0 aromatic rings. The fraction of sp³-hybridized carbons (Fsp3) is 0.889. The molecule has 6 nitrogen and oxygen atoms in total. The van der Waals surface area contributed by atoms with E-state index in [1.54, 1.807) is 19.0 Å². The van der Waals surface area contributed by atoms with Crippen LogP contribution in [0.4, 0.5) is 0 Å². The van der Waals surface area contributed by atoms with Crippen molar-refractivity contribution in [3.63, 3.8) is 0 Å². The van der Waals surface area contributed by atoms with Crippen LogP contribution in [0.25, 0.3) is 0 Å². The van der Waals surface area contributed by atoms with Gasteiger partial charge in [0.05, 0.1) is 0 Å². The highest BCUT2D eigenvalue weighted by Crippen LogP contribution is 2.28. The molecular weight excluding hydrogens is 461 g/mol. The standard InChI is InChI=1S/C18H35N5OS.HI/c1-5-23-10-6-7-15(23)12-19-18(20-13-17(24)22(2)3)21-14-8-9-16(11-14)25-4;/h14-16H,5-13H2,1-4H3,(H2,19,20,21);1H. The minimum Gasteiger partial charge on any atom is -0.355 e. The van der Waals surface area contributed by atoms with Gasteiger partial charge >= 0.3 is 0 Å². The smallest absolute Gasteiger partial charge is 0.243 e. The molecule has 8 heteroatoms. The summed E-state index contributed by atoms with van der Waals surface area (Å²) < 4.78 is 0. The molecule has 2 N–H and O–H groups in total. The van der Waals surface area contributed by atoms with Gasteiger partial charge in [0.15, 0.2) is 5.96 Å². The Kier molecular flexibility index (Phi) is 11.2. The first-order chi connectivity index (χ1) is 12.0. The summed E-state index contributed by atoms with van der Waals surface area (Å²) >= 11 is 1.95. The van der Waals surface area contributed by atoms with Gasteiger partial charge in [0.1, 0.15) is 6.54 Å². The number of thioether (sulfide) groups is 1. The fourth-order valence-corrected chi connectivity index (χ4v) is 4.47. The van der Waals surface area contributed by atoms with E-state index in [-0.39, 0.29) is 36.4 Å². The summed E-state index contributed by atoms with van der Waals surface area (Å²) in [4.78, 5) is 20.6. The molecule has 0 radical (unpaired) electrons. The van der Waals surface area contributed by atoms with Gasteiger partial charge in [0.2, 0.25) is 5.91 Å². The van der Waals surface area contributed by atoms with Gasteiger partial charge in [-0.3, -0.25) is 9.69 Å². The lowest BCUT2D eigenvalue weighted by Gasteiger charge is -2.25. The van der Waals surface area contributed by atoms with Gasteiger partial charge in [-0.25, -0.2) is 4.99 Å². The third-order valence-electron chi connectivity index (χ3n) is 5.34. The molecule has 1 aliphatic heterocycles. The first kappa shape index (κ1) is 23.8. The SMILES string of the molecule is CCN1CCCC1CNC(=NCC(=O)N(C)C)NC1CCC(SC)C1.I. The van der Waals surface area contributed by atoms with Crippen molar-refractivity contribution in [2.24, 2.45) is 4.99 Å². The van der Waals surface area contributed by atoms with Crippen molar-refractivity contribution in [2.45, 2.75) is 56.4 Å². The highest BCUT2D eigenvalue weighted by atomic mass is 127. The number of amides is 1. The van der Waals surface area contributed by atoms with Crippen LogP contribution in [-0.4, -0.2) is 85.5 Å². The van der Waals surface area contributed by atoms with E-state index in [4.69, 9.17) is 0 Å². The van der Waals surface area contributed by atoms with Gasteiger partial charge in [-0.1, -0.05) is 6.92 Å². The van der Waals surface area contributed by atoms with E-state index in [2.05, 4.69) is 33.7 Å². The van der Waals surface area contributed by atoms with Crippen LogP contribution in [-0.2, 0) is 4.79 Å². The Morgan fingerprint density at radius 2 is 2.08 bits per heavy atom. The number of guanidine groups is 1. The van der Waals surface area contributed by atoms with E-state index in [1.807, 2.05) is 11.8 Å². The van der Waals surface area contributed by atoms with Crippen LogP contribution in [0, 0.1) is 0 Å². The quantitative estimate of drug-likeness (QED) is 0.320. The first-order valence-electron chi connectivity index (χ1n) is 9.55. The summed E-state index contributed by atoms with van der Waals surface area (Å²) in [5, 5.41) is 7.81. The van der Waals surface area contributed by atoms with Crippen LogP contribution in [0.1, 0.15) is 39.0 Å². The molecule has 1 saturated heterocycles. The van der Waals surface area contributed by atoms with Gasteiger partial charge in [-0.15, -0.1) is 24.0 Å². The molecule has 0 bridgehead atoms. The number of hydrogen-bond acceptors (Lipinski definition) is 4. The van der Waals surface area contributed by atoms with E-state index >= 15 is 0 Å². The number of hydrogen-bond donors (Lipinski definition) is 2. The van der Waals surface area contributed by atoms with Gasteiger partial charge in [-0.2, -0.15) is 11.8 Å². The van der Waals surface area contributed by atoms with Crippen molar-refractivity contribution in [1.82, 2.24) is 20.4 Å². The van der Waals surface area contributed by atoms with Crippen molar-refractivity contribution >= 4 is 47.6 Å². The number of halogens is 1. The Balaban J connectivity index is 0.00000338. The normalized spacial score (nSPS) is 26.5. The molecule has 26 heavy (non-hydrogen) atoms. The maximum atomic E-state index is 11.9. The molecule has 1 amide bonds. The summed E-state index contributed by atoms with van der Waals surface area (Å²) in [5.74, 6) is 0.829. The van der Waals surface area contributed by atoms with E-state index in [1.165, 1.54) is 38.6 Å². The molecule has 1 heterocycles. The maximum Gasteiger partial charge on any atom is 0.243 e. The second-order valence-corrected chi connectivity index (χ2v) is 8.41. The number of rotatable bonds is 7. The average molecular weight is 497 g/mol. The molecule has 0 spiro atoms. The monoisotopic (exact) mass is 497 g/mol. The van der Waals surface area contributed by atoms with E-state index in [9.17, 15) is 4.79 Å². The number of nitrogens with zero attached hydrogens (tertiary/aromatic N) is 3. The lowest BCUT2D eigenvalue weighted by Crippen LogP contribution is -2.47. The van der Waals surface area contributed by atoms with Crippen molar-refractivity contribution in [2.75, 3.05) is 46.5 Å². The van der Waals surface area contributed by atoms with Crippen LogP contribution in [0.3, 0.4) is 0 Å². The largest absolute Gasteiger partial charge is 0.355 e. The average Bonchev–Trinajstić information content (AvgIpc) is 3.25. The zero-order chi connectivity index (χ0) is 18.2. The summed E-state index contributed by atoms with van der Waals surface area (Å²) in [5.41, 5.74) is 0. The Bertz CT molecular complexity index is 463. The van der Waals surface area contributed by atoms with Gasteiger partial charge in [0, 0.05) is 38.0 Å². The molecular formula is C18H36IN5OS. The zero-order valence-corrected chi connectivity index (χ0v) is 19.8. The molecule has 3 unspecified atom stereocenters. The van der Waals surface area contributed by atoms with Crippen LogP contribution >= 0.6 is 35.7 Å². The number of carbonyl (C=O) groups excluding carboxylic acids is 1. The first-order valence-corrected chi connectivity index (χ1v) is 10.8. The molecule has 152 valence electrons. The number of nitrogens with one attached hydrogen (secondary N) is 2. The lowest BCUT2D eigenvalue weighted by atomic mass is 10.2. The minimum absolute atomic E-state index is 0. The van der Waals surface area contributed by atoms with Crippen LogP contribution in [0.5, 0.6) is 0 Å². The molecule has 2 aliphatic rings. The fourth-order valence-electron chi connectivity index (χ4n) is 3.68. The highest BCUT2D eigenvalue weighted by molar-refractivity contribution is 14.0. The predicted octanol–water partition coefficient (Wildman–Crippen LogP) is 2.00. The Labute approximate surface area is 180 Å². The molecule has 1 saturated carbocycles. The third-order valence-corrected chi connectivity index (χ3v) is 6.44. The Morgan fingerprint density at radius 3 is 2.69 bits per heavy atom. The zero-order valence-electron chi connectivity index (χ0n) is 16.7. The summed E-state index contributed by atoms with van der Waals surface area (Å²) in [6.45, 7) is 5.61. The summed E-state index contributed by atoms with van der Waals surface area (Å²) in [6.07, 6.45) is 8.32. The molecule has 1 aliphatic carbocycles. The second-order valence-electron chi connectivity index (χ2n) is 7.27. The van der Waals surface area contributed by atoms with Crippen molar-refractivity contribution in [3.05, 3.63) is 0 Å². The number of likely N-dealkylation sites (tertiary alicyclic amines) is 1. The van der Waals surface area contributed by atoms with Gasteiger partial charge < -0.3 is 15.5 Å². The molecule has 2 fully saturated rings. The topological polar surface area (TPSA) is 60.0 Å². The van der Waals surface area contributed by atoms with Crippen molar-refractivity contribution in [3.8, 4) is 0 Å². The van der Waals surface area contributed by atoms with Crippen molar-refractivity contribution in [1.29, 1.82) is 0 Å². The van der Waals surface area contributed by atoms with E-state index in [0.717, 1.165) is 24.3 Å². The Morgan fingerprint density at radius 1 is 1.31 bits per heavy atom. The van der Waals surface area contributed by atoms with E-state index < -0.39 is 0 Å². The minimum atomic E-state index is 0. The van der Waals surface area contributed by atoms with Crippen molar-refractivity contribution < 1.29 is 4.79 Å². The third kappa shape index (κ3) is 7.42. The second kappa shape index (κ2) is 12.3. The number of likely N-dealkylation sites (N-methyl/N-ethyl adjacent to an activating group) is 2. The number of aliphatic imine (C=N–C) groups is 1. The lowest BCUT2D eigenvalue weighted by molar-refractivity contribution is -0.127.